The van der Waals surface area contributed by atoms with Crippen molar-refractivity contribution >= 4 is 0 Å². The lowest BCUT2D eigenvalue weighted by Gasteiger charge is -1.99. The second kappa shape index (κ2) is 4.00. The molecule has 0 unspecified atom stereocenters. The van der Waals surface area contributed by atoms with E-state index in [0.717, 1.165) is 5.56 Å². The molecule has 1 aromatic carbocycles. The maximum Gasteiger partial charge on any atom is 0.0949 e. The summed E-state index contributed by atoms with van der Waals surface area (Å²) >= 11 is 0. The average Bonchev–Trinajstić information content (AvgIpc) is 2.03. The van der Waals surface area contributed by atoms with E-state index in [-0.39, 0.29) is 0 Å². The Morgan fingerprint density at radius 3 is 2.60 bits per heavy atom. The van der Waals surface area contributed by atoms with Crippen molar-refractivity contribution in [1.29, 1.82) is 0 Å². The summed E-state index contributed by atoms with van der Waals surface area (Å²) in [7, 11) is 0. The van der Waals surface area contributed by atoms with Gasteiger partial charge < -0.3 is 0 Å². The van der Waals surface area contributed by atoms with Crippen LogP contribution in [0.25, 0.3) is 0 Å². The minimum Gasteiger partial charge on any atom is -0.282 e. The fraction of sp³-hybridized carbons (Fsp3) is 0.143. The fourth-order valence-electron chi connectivity index (χ4n) is 0.699. The van der Waals surface area contributed by atoms with Gasteiger partial charge in [0.15, 0.2) is 0 Å². The Balaban J connectivity index is 2.43. The third-order valence-corrected chi connectivity index (χ3v) is 1.16. The van der Waals surface area contributed by atoms with Gasteiger partial charge in [0.05, 0.1) is 6.61 Å². The Morgan fingerprint density at radius 1 is 1.30 bits per heavy atom. The van der Waals surface area contributed by atoms with E-state index in [1.165, 1.54) is 0 Å². The number of hydrogen-bond donors (Lipinski definition) is 2. The first-order valence-corrected chi connectivity index (χ1v) is 3.05. The summed E-state index contributed by atoms with van der Waals surface area (Å²) in [6.45, 7) is 0.497. The molecule has 0 aliphatic carbocycles. The van der Waals surface area contributed by atoms with E-state index in [2.05, 4.69) is 5.59 Å². The zero-order valence-electron chi connectivity index (χ0n) is 5.58. The van der Waals surface area contributed by atoms with Crippen molar-refractivity contribution in [2.75, 3.05) is 0 Å². The van der Waals surface area contributed by atoms with Crippen molar-refractivity contribution in [3.05, 3.63) is 35.9 Å². The Labute approximate surface area is 59.7 Å². The van der Waals surface area contributed by atoms with Gasteiger partial charge in [-0.25, -0.2) is 5.84 Å². The molecule has 0 saturated heterocycles. The maximum absolute atomic E-state index is 4.90. The van der Waals surface area contributed by atoms with Gasteiger partial charge in [0.2, 0.25) is 0 Å². The summed E-state index contributed by atoms with van der Waals surface area (Å²) in [6.07, 6.45) is 0. The van der Waals surface area contributed by atoms with E-state index in [0.29, 0.717) is 6.61 Å². The SMILES string of the molecule is NNOCc1ccccc1. The smallest absolute Gasteiger partial charge is 0.0949 e. The minimum absolute atomic E-state index is 0.497. The van der Waals surface area contributed by atoms with Gasteiger partial charge in [0, 0.05) is 0 Å². The normalized spacial score (nSPS) is 9.70. The highest BCUT2D eigenvalue weighted by Gasteiger charge is 1.87. The summed E-state index contributed by atoms with van der Waals surface area (Å²) in [5, 5.41) is 0. The molecule has 1 aromatic rings. The van der Waals surface area contributed by atoms with Crippen LogP contribution in [0.5, 0.6) is 0 Å². The Kier molecular flexibility index (Phi) is 2.89. The molecule has 0 aromatic heterocycles. The number of hydrogen-bond acceptors (Lipinski definition) is 3. The highest BCUT2D eigenvalue weighted by atomic mass is 16.7. The van der Waals surface area contributed by atoms with Crippen molar-refractivity contribution < 1.29 is 4.84 Å². The largest absolute Gasteiger partial charge is 0.282 e. The second-order valence-electron chi connectivity index (χ2n) is 1.89. The Bertz CT molecular complexity index is 176. The first kappa shape index (κ1) is 7.21. The van der Waals surface area contributed by atoms with Crippen LogP contribution in [0.3, 0.4) is 0 Å². The Hall–Kier alpha value is -0.900. The van der Waals surface area contributed by atoms with Gasteiger partial charge in [-0.3, -0.25) is 4.84 Å². The molecule has 54 valence electrons. The van der Waals surface area contributed by atoms with Crippen LogP contribution in [0.2, 0.25) is 0 Å². The van der Waals surface area contributed by atoms with Crippen LogP contribution in [0.15, 0.2) is 30.3 Å². The highest BCUT2D eigenvalue weighted by molar-refractivity contribution is 5.13. The van der Waals surface area contributed by atoms with Crippen LogP contribution in [-0.4, -0.2) is 0 Å². The van der Waals surface area contributed by atoms with E-state index in [4.69, 9.17) is 10.7 Å². The maximum atomic E-state index is 4.90. The summed E-state index contributed by atoms with van der Waals surface area (Å²) in [5.74, 6) is 4.90. The van der Waals surface area contributed by atoms with Gasteiger partial charge in [-0.1, -0.05) is 30.3 Å². The van der Waals surface area contributed by atoms with E-state index < -0.39 is 0 Å². The van der Waals surface area contributed by atoms with E-state index in [1.807, 2.05) is 30.3 Å². The molecule has 0 fully saturated rings. The quantitative estimate of drug-likeness (QED) is 0.474. The Morgan fingerprint density at radius 2 is 2.00 bits per heavy atom. The lowest BCUT2D eigenvalue weighted by Crippen LogP contribution is -2.21. The monoisotopic (exact) mass is 138 g/mol. The first-order valence-electron chi connectivity index (χ1n) is 3.05. The van der Waals surface area contributed by atoms with Crippen LogP contribution in [0, 0.1) is 0 Å². The van der Waals surface area contributed by atoms with Crippen LogP contribution in [0.1, 0.15) is 5.56 Å². The summed E-state index contributed by atoms with van der Waals surface area (Å²) in [5.41, 5.74) is 3.21. The standard InChI is InChI=1S/C7H10N2O/c8-9-10-6-7-4-2-1-3-5-7/h1-5,9H,6,8H2. The van der Waals surface area contributed by atoms with Crippen molar-refractivity contribution in [2.45, 2.75) is 6.61 Å². The average molecular weight is 138 g/mol. The summed E-state index contributed by atoms with van der Waals surface area (Å²) < 4.78 is 0. The molecule has 1 rings (SSSR count). The van der Waals surface area contributed by atoms with Gasteiger partial charge in [-0.05, 0) is 5.56 Å². The van der Waals surface area contributed by atoms with Gasteiger partial charge in [-0.2, -0.15) is 0 Å². The molecule has 3 heteroatoms. The molecule has 0 heterocycles. The van der Waals surface area contributed by atoms with E-state index >= 15 is 0 Å². The number of benzene rings is 1. The zero-order chi connectivity index (χ0) is 7.23. The zero-order valence-corrected chi connectivity index (χ0v) is 5.58. The second-order valence-corrected chi connectivity index (χ2v) is 1.89. The molecule has 0 bridgehead atoms. The van der Waals surface area contributed by atoms with Gasteiger partial charge in [0.1, 0.15) is 0 Å². The molecule has 0 aliphatic rings. The minimum atomic E-state index is 0.497. The molecule has 3 N–H and O–H groups in total. The molecule has 0 saturated carbocycles. The highest BCUT2D eigenvalue weighted by Crippen LogP contribution is 1.97. The molecule has 0 aliphatic heterocycles. The first-order chi connectivity index (χ1) is 4.93. The lowest BCUT2D eigenvalue weighted by atomic mass is 10.2. The number of nitrogens with one attached hydrogen (secondary N) is 1. The number of nitrogens with two attached hydrogens (primary N) is 1. The predicted molar refractivity (Wildman–Crippen MR) is 38.6 cm³/mol. The molecule has 0 atom stereocenters. The molecular formula is C7H10N2O. The topological polar surface area (TPSA) is 47.3 Å². The number of hydrazine groups is 1. The van der Waals surface area contributed by atoms with Crippen molar-refractivity contribution in [2.24, 2.45) is 5.84 Å². The molecule has 10 heavy (non-hydrogen) atoms. The van der Waals surface area contributed by atoms with Crippen LogP contribution in [0.4, 0.5) is 0 Å². The van der Waals surface area contributed by atoms with Crippen LogP contribution < -0.4 is 11.4 Å². The number of rotatable bonds is 3. The summed E-state index contributed by atoms with van der Waals surface area (Å²) in [4.78, 5) is 4.75. The predicted octanol–water partition coefficient (Wildman–Crippen LogP) is 0.581. The van der Waals surface area contributed by atoms with Gasteiger partial charge in [-0.15, -0.1) is 5.59 Å². The van der Waals surface area contributed by atoms with Crippen LogP contribution >= 0.6 is 0 Å². The lowest BCUT2D eigenvalue weighted by molar-refractivity contribution is 0.0279. The van der Waals surface area contributed by atoms with Crippen LogP contribution in [-0.2, 0) is 11.4 Å². The third kappa shape index (κ3) is 2.14. The van der Waals surface area contributed by atoms with Crippen molar-refractivity contribution in [3.8, 4) is 0 Å². The van der Waals surface area contributed by atoms with E-state index in [1.54, 1.807) is 0 Å². The summed E-state index contributed by atoms with van der Waals surface area (Å²) in [6, 6.07) is 9.80. The molecule has 0 radical (unpaired) electrons. The molecule has 0 amide bonds. The third-order valence-electron chi connectivity index (χ3n) is 1.16. The van der Waals surface area contributed by atoms with E-state index in [9.17, 15) is 0 Å². The molecule has 0 spiro atoms. The van der Waals surface area contributed by atoms with Gasteiger partial charge >= 0.3 is 0 Å². The fourth-order valence-corrected chi connectivity index (χ4v) is 0.699. The molecular weight excluding hydrogens is 128 g/mol. The molecule has 3 nitrogen and oxygen atoms in total. The van der Waals surface area contributed by atoms with Gasteiger partial charge in [0.25, 0.3) is 0 Å². The van der Waals surface area contributed by atoms with Crippen molar-refractivity contribution in [3.63, 3.8) is 0 Å². The van der Waals surface area contributed by atoms with Crippen molar-refractivity contribution in [1.82, 2.24) is 5.59 Å².